The summed E-state index contributed by atoms with van der Waals surface area (Å²) in [4.78, 5) is 5.96. The van der Waals surface area contributed by atoms with Crippen molar-refractivity contribution in [2.45, 2.75) is 39.2 Å². The van der Waals surface area contributed by atoms with Crippen molar-refractivity contribution in [1.82, 2.24) is 10.3 Å². The largest absolute Gasteiger partial charge is 0.308 e. The summed E-state index contributed by atoms with van der Waals surface area (Å²) in [6.07, 6.45) is 0. The number of hydrogen-bond acceptors (Lipinski definition) is 4. The summed E-state index contributed by atoms with van der Waals surface area (Å²) < 4.78 is 0. The number of thiophene rings is 1. The van der Waals surface area contributed by atoms with Crippen molar-refractivity contribution in [1.29, 1.82) is 0 Å². The summed E-state index contributed by atoms with van der Waals surface area (Å²) >= 11 is 3.54. The Morgan fingerprint density at radius 1 is 1.39 bits per heavy atom. The van der Waals surface area contributed by atoms with Crippen LogP contribution in [0.2, 0.25) is 0 Å². The minimum absolute atomic E-state index is 0.174. The van der Waals surface area contributed by atoms with E-state index in [1.165, 1.54) is 4.88 Å². The Hall–Kier alpha value is -0.710. The second kappa shape index (κ2) is 5.51. The van der Waals surface area contributed by atoms with Crippen LogP contribution in [0.4, 0.5) is 0 Å². The minimum atomic E-state index is 0.174. The lowest BCUT2D eigenvalue weighted by Gasteiger charge is -2.25. The van der Waals surface area contributed by atoms with Gasteiger partial charge in [-0.05, 0) is 25.3 Å². The molecule has 0 aliphatic rings. The monoisotopic (exact) mass is 280 g/mol. The molecular formula is C14H20N2S2. The van der Waals surface area contributed by atoms with Crippen molar-refractivity contribution < 1.29 is 0 Å². The molecule has 2 nitrogen and oxygen atoms in total. The molecule has 0 aliphatic heterocycles. The summed E-state index contributed by atoms with van der Waals surface area (Å²) in [7, 11) is 0. The molecule has 0 radical (unpaired) electrons. The van der Waals surface area contributed by atoms with Crippen molar-refractivity contribution in [2.75, 3.05) is 6.54 Å². The molecule has 98 valence electrons. The Morgan fingerprint density at radius 2 is 2.17 bits per heavy atom. The number of nitrogens with one attached hydrogen (secondary N) is 1. The Kier molecular flexibility index (Phi) is 4.20. The van der Waals surface area contributed by atoms with Gasteiger partial charge in [-0.1, -0.05) is 19.9 Å². The molecule has 2 aromatic heterocycles. The lowest BCUT2D eigenvalue weighted by atomic mass is 9.91. The predicted molar refractivity (Wildman–Crippen MR) is 80.6 cm³/mol. The van der Waals surface area contributed by atoms with Crippen molar-refractivity contribution in [3.8, 4) is 0 Å². The van der Waals surface area contributed by atoms with Gasteiger partial charge in [0.25, 0.3) is 0 Å². The lowest BCUT2D eigenvalue weighted by Crippen LogP contribution is -2.33. The highest BCUT2D eigenvalue weighted by Gasteiger charge is 2.22. The molecule has 0 aromatic carbocycles. The van der Waals surface area contributed by atoms with Crippen molar-refractivity contribution in [2.24, 2.45) is 0 Å². The summed E-state index contributed by atoms with van der Waals surface area (Å²) in [5.74, 6) is 0. The predicted octanol–water partition coefficient (Wildman–Crippen LogP) is 4.14. The fourth-order valence-corrected chi connectivity index (χ4v) is 3.40. The van der Waals surface area contributed by atoms with Gasteiger partial charge in [0.05, 0.1) is 10.7 Å². The zero-order chi connectivity index (χ0) is 13.2. The maximum atomic E-state index is 4.53. The molecule has 1 unspecified atom stereocenters. The highest BCUT2D eigenvalue weighted by atomic mass is 32.1. The highest BCUT2D eigenvalue weighted by Crippen LogP contribution is 2.27. The van der Waals surface area contributed by atoms with E-state index in [1.54, 1.807) is 11.3 Å². The van der Waals surface area contributed by atoms with Crippen molar-refractivity contribution in [3.63, 3.8) is 0 Å². The zero-order valence-electron chi connectivity index (χ0n) is 11.4. The van der Waals surface area contributed by atoms with E-state index in [-0.39, 0.29) is 5.41 Å². The SMILES string of the molecule is Cc1nc(C(C)NCC(C)(C)c2cccs2)cs1. The summed E-state index contributed by atoms with van der Waals surface area (Å²) in [6.45, 7) is 9.76. The lowest BCUT2D eigenvalue weighted by molar-refractivity contribution is 0.438. The van der Waals surface area contributed by atoms with Crippen LogP contribution in [0.1, 0.15) is 42.4 Å². The fraction of sp³-hybridized carbons (Fsp3) is 0.500. The van der Waals surface area contributed by atoms with E-state index in [9.17, 15) is 0 Å². The molecule has 4 heteroatoms. The normalized spacial score (nSPS) is 13.8. The number of rotatable bonds is 5. The van der Waals surface area contributed by atoms with Gasteiger partial charge in [-0.25, -0.2) is 4.98 Å². The van der Waals surface area contributed by atoms with Crippen LogP contribution >= 0.6 is 22.7 Å². The van der Waals surface area contributed by atoms with Gasteiger partial charge in [-0.2, -0.15) is 0 Å². The van der Waals surface area contributed by atoms with Gasteiger partial charge in [0, 0.05) is 28.3 Å². The first kappa shape index (κ1) is 13.7. The second-order valence-corrected chi connectivity index (χ2v) is 7.27. The van der Waals surface area contributed by atoms with Gasteiger partial charge in [-0.15, -0.1) is 22.7 Å². The van der Waals surface area contributed by atoms with Crippen molar-refractivity contribution >= 4 is 22.7 Å². The Morgan fingerprint density at radius 3 is 2.72 bits per heavy atom. The maximum absolute atomic E-state index is 4.53. The Labute approximate surface area is 117 Å². The first-order valence-electron chi connectivity index (χ1n) is 6.18. The van der Waals surface area contributed by atoms with Crippen LogP contribution in [0.5, 0.6) is 0 Å². The molecule has 1 N–H and O–H groups in total. The summed E-state index contributed by atoms with van der Waals surface area (Å²) in [5.41, 5.74) is 1.33. The summed E-state index contributed by atoms with van der Waals surface area (Å²) in [5, 5.41) is 9.01. The number of aryl methyl sites for hydroxylation is 1. The third kappa shape index (κ3) is 3.19. The van der Waals surface area contributed by atoms with Crippen LogP contribution < -0.4 is 5.32 Å². The number of nitrogens with zero attached hydrogens (tertiary/aromatic N) is 1. The topological polar surface area (TPSA) is 24.9 Å². The molecule has 0 saturated carbocycles. The third-order valence-corrected chi connectivity index (χ3v) is 5.15. The van der Waals surface area contributed by atoms with Gasteiger partial charge in [0.15, 0.2) is 0 Å². The van der Waals surface area contributed by atoms with Gasteiger partial charge in [-0.3, -0.25) is 0 Å². The molecule has 0 bridgehead atoms. The standard InChI is InChI=1S/C14H20N2S2/c1-10(12-8-18-11(2)16-12)15-9-14(3,4)13-6-5-7-17-13/h5-8,10,15H,9H2,1-4H3. The molecule has 0 aliphatic carbocycles. The Balaban J connectivity index is 1.95. The van der Waals surface area contributed by atoms with Crippen LogP contribution in [0.25, 0.3) is 0 Å². The van der Waals surface area contributed by atoms with E-state index in [1.807, 2.05) is 11.3 Å². The van der Waals surface area contributed by atoms with E-state index in [4.69, 9.17) is 0 Å². The maximum Gasteiger partial charge on any atom is 0.0898 e. The van der Waals surface area contributed by atoms with Crippen LogP contribution in [-0.2, 0) is 5.41 Å². The third-order valence-electron chi connectivity index (χ3n) is 3.12. The van der Waals surface area contributed by atoms with Gasteiger partial charge < -0.3 is 5.32 Å². The van der Waals surface area contributed by atoms with E-state index >= 15 is 0 Å². The first-order chi connectivity index (χ1) is 8.49. The molecule has 0 amide bonds. The van der Waals surface area contributed by atoms with Gasteiger partial charge in [0.1, 0.15) is 0 Å². The van der Waals surface area contributed by atoms with Gasteiger partial charge in [0.2, 0.25) is 0 Å². The molecule has 2 heterocycles. The smallest absolute Gasteiger partial charge is 0.0898 e. The molecule has 0 saturated heterocycles. The quantitative estimate of drug-likeness (QED) is 0.890. The van der Waals surface area contributed by atoms with Crippen LogP contribution in [-0.4, -0.2) is 11.5 Å². The number of thiazole rings is 1. The fourth-order valence-electron chi connectivity index (χ4n) is 1.84. The van der Waals surface area contributed by atoms with Gasteiger partial charge >= 0.3 is 0 Å². The van der Waals surface area contributed by atoms with Crippen LogP contribution in [0, 0.1) is 6.92 Å². The Bertz CT molecular complexity index is 486. The number of hydrogen-bond donors (Lipinski definition) is 1. The molecule has 0 fully saturated rings. The number of aromatic nitrogens is 1. The van der Waals surface area contributed by atoms with Crippen molar-refractivity contribution in [3.05, 3.63) is 38.5 Å². The van der Waals surface area contributed by atoms with E-state index in [0.717, 1.165) is 17.2 Å². The summed E-state index contributed by atoms with van der Waals surface area (Å²) in [6, 6.07) is 4.65. The molecule has 2 aromatic rings. The minimum Gasteiger partial charge on any atom is -0.308 e. The van der Waals surface area contributed by atoms with E-state index in [0.29, 0.717) is 6.04 Å². The first-order valence-corrected chi connectivity index (χ1v) is 7.94. The zero-order valence-corrected chi connectivity index (χ0v) is 13.0. The highest BCUT2D eigenvalue weighted by molar-refractivity contribution is 7.10. The van der Waals surface area contributed by atoms with Crippen LogP contribution in [0.15, 0.2) is 22.9 Å². The molecule has 1 atom stereocenters. The van der Waals surface area contributed by atoms with Crippen LogP contribution in [0.3, 0.4) is 0 Å². The van der Waals surface area contributed by atoms with E-state index in [2.05, 4.69) is 60.9 Å². The molecule has 2 rings (SSSR count). The molecule has 18 heavy (non-hydrogen) atoms. The van der Waals surface area contributed by atoms with E-state index < -0.39 is 0 Å². The average Bonchev–Trinajstić information content (AvgIpc) is 2.96. The molecule has 0 spiro atoms. The average molecular weight is 280 g/mol. The molecular weight excluding hydrogens is 260 g/mol. The second-order valence-electron chi connectivity index (χ2n) is 5.26.